The van der Waals surface area contributed by atoms with Crippen molar-refractivity contribution in [2.45, 2.75) is 52.9 Å². The summed E-state index contributed by atoms with van der Waals surface area (Å²) in [6, 6.07) is 0. The third-order valence-electron chi connectivity index (χ3n) is 4.42. The lowest BCUT2D eigenvalue weighted by atomic mass is 9.95. The summed E-state index contributed by atoms with van der Waals surface area (Å²) in [4.78, 5) is 26.6. The monoisotopic (exact) mass is 361 g/mol. The number of anilines is 1. The zero-order valence-corrected chi connectivity index (χ0v) is 15.6. The zero-order chi connectivity index (χ0) is 18.0. The average Bonchev–Trinajstić information content (AvgIpc) is 3.12. The van der Waals surface area contributed by atoms with Crippen LogP contribution in [-0.2, 0) is 12.8 Å². The predicted octanol–water partition coefficient (Wildman–Crippen LogP) is 3.62. The van der Waals surface area contributed by atoms with Crippen molar-refractivity contribution in [3.05, 3.63) is 33.0 Å². The summed E-state index contributed by atoms with van der Waals surface area (Å²) in [6.07, 6.45) is 4.94. The van der Waals surface area contributed by atoms with E-state index in [4.69, 9.17) is 4.52 Å². The molecule has 1 aliphatic carbocycles. The number of carbonyl (C=O) groups is 2. The minimum absolute atomic E-state index is 0.102. The number of carbonyl (C=O) groups excluding carboxylic acids is 2. The lowest BCUT2D eigenvalue weighted by Crippen LogP contribution is -2.26. The van der Waals surface area contributed by atoms with E-state index < -0.39 is 0 Å². The van der Waals surface area contributed by atoms with Crippen molar-refractivity contribution in [2.24, 2.45) is 0 Å². The molecule has 0 saturated heterocycles. The molecule has 2 heterocycles. The summed E-state index contributed by atoms with van der Waals surface area (Å²) in [5.41, 5.74) is 2.71. The molecule has 2 aromatic rings. The van der Waals surface area contributed by atoms with E-state index in [0.29, 0.717) is 34.1 Å². The van der Waals surface area contributed by atoms with Gasteiger partial charge in [-0.2, -0.15) is 0 Å². The number of nitrogens with zero attached hydrogens (tertiary/aromatic N) is 1. The summed E-state index contributed by atoms with van der Waals surface area (Å²) in [6.45, 7) is 6.09. The number of hydrogen-bond donors (Lipinski definition) is 2. The zero-order valence-electron chi connectivity index (χ0n) is 14.8. The molecule has 25 heavy (non-hydrogen) atoms. The molecule has 0 radical (unpaired) electrons. The molecule has 0 aliphatic heterocycles. The third-order valence-corrected chi connectivity index (χ3v) is 5.63. The first-order chi connectivity index (χ1) is 12.0. The van der Waals surface area contributed by atoms with E-state index in [1.165, 1.54) is 16.2 Å². The van der Waals surface area contributed by atoms with Gasteiger partial charge in [0.25, 0.3) is 11.8 Å². The van der Waals surface area contributed by atoms with E-state index in [2.05, 4.69) is 15.8 Å². The van der Waals surface area contributed by atoms with Gasteiger partial charge >= 0.3 is 0 Å². The molecule has 6 nitrogen and oxygen atoms in total. The first-order valence-corrected chi connectivity index (χ1v) is 9.51. The number of nitrogens with one attached hydrogen (secondary N) is 2. The number of aromatic nitrogens is 1. The van der Waals surface area contributed by atoms with Gasteiger partial charge in [0.15, 0.2) is 0 Å². The molecule has 3 rings (SSSR count). The molecule has 0 saturated carbocycles. The van der Waals surface area contributed by atoms with Crippen LogP contribution in [0, 0.1) is 13.8 Å². The second-order valence-corrected chi connectivity index (χ2v) is 7.43. The Kier molecular flexibility index (Phi) is 5.22. The predicted molar refractivity (Wildman–Crippen MR) is 97.5 cm³/mol. The van der Waals surface area contributed by atoms with E-state index in [1.807, 2.05) is 6.92 Å². The second kappa shape index (κ2) is 7.39. The highest BCUT2D eigenvalue weighted by molar-refractivity contribution is 7.17. The molecule has 0 aromatic carbocycles. The van der Waals surface area contributed by atoms with Crippen molar-refractivity contribution in [1.82, 2.24) is 10.5 Å². The standard InChI is InChI=1S/C18H23N3O3S/c1-4-9-19-16(22)15-12-7-5-6-8-13(12)25-18(15)20-17(23)14-10(2)21-24-11(14)3/h4-9H2,1-3H3,(H,19,22)(H,20,23). The fourth-order valence-electron chi connectivity index (χ4n) is 3.19. The van der Waals surface area contributed by atoms with Gasteiger partial charge in [-0.05, 0) is 51.5 Å². The summed E-state index contributed by atoms with van der Waals surface area (Å²) < 4.78 is 5.08. The Bertz CT molecular complexity index is 787. The van der Waals surface area contributed by atoms with Gasteiger partial charge in [0.1, 0.15) is 16.3 Å². The van der Waals surface area contributed by atoms with Gasteiger partial charge in [-0.3, -0.25) is 9.59 Å². The number of hydrogen-bond acceptors (Lipinski definition) is 5. The summed E-state index contributed by atoms with van der Waals surface area (Å²) >= 11 is 1.52. The van der Waals surface area contributed by atoms with E-state index in [-0.39, 0.29) is 11.8 Å². The number of aryl methyl sites for hydroxylation is 3. The van der Waals surface area contributed by atoms with Crippen molar-refractivity contribution in [3.8, 4) is 0 Å². The average molecular weight is 361 g/mol. The van der Waals surface area contributed by atoms with Crippen molar-refractivity contribution in [3.63, 3.8) is 0 Å². The minimum Gasteiger partial charge on any atom is -0.361 e. The fourth-order valence-corrected chi connectivity index (χ4v) is 4.48. The Labute approximate surface area is 151 Å². The largest absolute Gasteiger partial charge is 0.361 e. The molecule has 134 valence electrons. The highest BCUT2D eigenvalue weighted by Crippen LogP contribution is 2.38. The van der Waals surface area contributed by atoms with Crippen molar-refractivity contribution in [1.29, 1.82) is 0 Å². The quantitative estimate of drug-likeness (QED) is 0.852. The Morgan fingerprint density at radius 2 is 1.92 bits per heavy atom. The highest BCUT2D eigenvalue weighted by atomic mass is 32.1. The number of thiophene rings is 1. The van der Waals surface area contributed by atoms with Gasteiger partial charge < -0.3 is 15.2 Å². The van der Waals surface area contributed by atoms with Gasteiger partial charge in [0.2, 0.25) is 0 Å². The van der Waals surface area contributed by atoms with Gasteiger partial charge in [-0.25, -0.2) is 0 Å². The van der Waals surface area contributed by atoms with E-state index in [0.717, 1.165) is 37.7 Å². The van der Waals surface area contributed by atoms with Crippen LogP contribution in [0.3, 0.4) is 0 Å². The van der Waals surface area contributed by atoms with Crippen molar-refractivity contribution in [2.75, 3.05) is 11.9 Å². The molecule has 2 N–H and O–H groups in total. The smallest absolute Gasteiger partial charge is 0.261 e. The normalized spacial score (nSPS) is 13.4. The van der Waals surface area contributed by atoms with Crippen LogP contribution in [0.2, 0.25) is 0 Å². The summed E-state index contributed by atoms with van der Waals surface area (Å²) in [5.74, 6) is 0.100. The Balaban J connectivity index is 1.94. The van der Waals surface area contributed by atoms with Crippen LogP contribution in [0.4, 0.5) is 5.00 Å². The molecule has 7 heteroatoms. The molecular formula is C18H23N3O3S. The summed E-state index contributed by atoms with van der Waals surface area (Å²) in [7, 11) is 0. The molecule has 0 atom stereocenters. The van der Waals surface area contributed by atoms with Crippen molar-refractivity contribution < 1.29 is 14.1 Å². The highest BCUT2D eigenvalue weighted by Gasteiger charge is 2.27. The minimum atomic E-state index is -0.278. The maximum Gasteiger partial charge on any atom is 0.261 e. The van der Waals surface area contributed by atoms with Crippen molar-refractivity contribution >= 4 is 28.2 Å². The van der Waals surface area contributed by atoms with Crippen LogP contribution in [-0.4, -0.2) is 23.5 Å². The van der Waals surface area contributed by atoms with Gasteiger partial charge in [0, 0.05) is 11.4 Å². The third kappa shape index (κ3) is 3.46. The number of fused-ring (bicyclic) bond motifs is 1. The lowest BCUT2D eigenvalue weighted by Gasteiger charge is -2.13. The van der Waals surface area contributed by atoms with Crippen LogP contribution in [0.5, 0.6) is 0 Å². The molecule has 1 aliphatic rings. The van der Waals surface area contributed by atoms with Crippen LogP contribution >= 0.6 is 11.3 Å². The Hall–Kier alpha value is -2.15. The van der Waals surface area contributed by atoms with Gasteiger partial charge in [-0.1, -0.05) is 12.1 Å². The first kappa shape index (κ1) is 17.7. The molecule has 0 fully saturated rings. The van der Waals surface area contributed by atoms with Crippen LogP contribution in [0.15, 0.2) is 4.52 Å². The van der Waals surface area contributed by atoms with Gasteiger partial charge in [0.05, 0.1) is 11.3 Å². The van der Waals surface area contributed by atoms with Gasteiger partial charge in [-0.15, -0.1) is 11.3 Å². The first-order valence-electron chi connectivity index (χ1n) is 8.69. The van der Waals surface area contributed by atoms with Crippen LogP contribution < -0.4 is 10.6 Å². The van der Waals surface area contributed by atoms with Crippen LogP contribution in [0.1, 0.15) is 68.8 Å². The van der Waals surface area contributed by atoms with Crippen LogP contribution in [0.25, 0.3) is 0 Å². The SMILES string of the molecule is CCCNC(=O)c1c(NC(=O)c2c(C)noc2C)sc2c1CCCC2. The van der Waals surface area contributed by atoms with E-state index in [1.54, 1.807) is 13.8 Å². The molecular weight excluding hydrogens is 338 g/mol. The summed E-state index contributed by atoms with van der Waals surface area (Å²) in [5, 5.41) is 10.3. The molecule has 2 aromatic heterocycles. The maximum atomic E-state index is 12.7. The molecule has 0 spiro atoms. The number of rotatable bonds is 5. The topological polar surface area (TPSA) is 84.2 Å². The fraction of sp³-hybridized carbons (Fsp3) is 0.500. The Morgan fingerprint density at radius 3 is 2.60 bits per heavy atom. The second-order valence-electron chi connectivity index (χ2n) is 6.32. The molecule has 0 bridgehead atoms. The Morgan fingerprint density at radius 1 is 1.16 bits per heavy atom. The van der Waals surface area contributed by atoms with E-state index in [9.17, 15) is 9.59 Å². The molecule has 0 unspecified atom stereocenters. The number of amides is 2. The lowest BCUT2D eigenvalue weighted by molar-refractivity contribution is 0.0954. The maximum absolute atomic E-state index is 12.7. The molecule has 2 amide bonds. The van der Waals surface area contributed by atoms with E-state index >= 15 is 0 Å².